The predicted octanol–water partition coefficient (Wildman–Crippen LogP) is 4.46. The van der Waals surface area contributed by atoms with Crippen LogP contribution in [0.3, 0.4) is 0 Å². The zero-order chi connectivity index (χ0) is 20.9. The van der Waals surface area contributed by atoms with Gasteiger partial charge in [0.15, 0.2) is 11.6 Å². The number of rotatable bonds is 6. The molecule has 0 radical (unpaired) electrons. The highest BCUT2D eigenvalue weighted by molar-refractivity contribution is 6.30. The van der Waals surface area contributed by atoms with Crippen LogP contribution in [0.1, 0.15) is 21.6 Å². The Labute approximate surface area is 178 Å². The molecule has 3 heterocycles. The van der Waals surface area contributed by atoms with E-state index in [1.807, 2.05) is 31.2 Å². The van der Waals surface area contributed by atoms with Crippen molar-refractivity contribution in [2.45, 2.75) is 13.5 Å². The van der Waals surface area contributed by atoms with Crippen LogP contribution in [0, 0.1) is 6.92 Å². The number of carbonyl (C=O) groups excluding carboxylic acids is 1. The van der Waals surface area contributed by atoms with Crippen molar-refractivity contribution in [1.82, 2.24) is 19.7 Å². The van der Waals surface area contributed by atoms with E-state index in [0.29, 0.717) is 34.5 Å². The van der Waals surface area contributed by atoms with E-state index in [0.717, 1.165) is 11.3 Å². The summed E-state index contributed by atoms with van der Waals surface area (Å²) in [6.45, 7) is 2.16. The van der Waals surface area contributed by atoms with E-state index in [1.54, 1.807) is 47.5 Å². The van der Waals surface area contributed by atoms with Crippen molar-refractivity contribution in [2.24, 2.45) is 0 Å². The van der Waals surface area contributed by atoms with Crippen molar-refractivity contribution in [3.05, 3.63) is 95.2 Å². The van der Waals surface area contributed by atoms with Gasteiger partial charge in [-0.25, -0.2) is 9.67 Å². The Morgan fingerprint density at radius 1 is 1.13 bits per heavy atom. The number of aromatic nitrogens is 4. The molecule has 0 unspecified atom stereocenters. The van der Waals surface area contributed by atoms with Crippen molar-refractivity contribution in [1.29, 1.82) is 0 Å². The largest absolute Gasteiger partial charge is 0.485 e. The van der Waals surface area contributed by atoms with Crippen molar-refractivity contribution >= 4 is 23.3 Å². The van der Waals surface area contributed by atoms with Crippen LogP contribution in [0.2, 0.25) is 5.02 Å². The number of halogens is 1. The van der Waals surface area contributed by atoms with Gasteiger partial charge in [0.2, 0.25) is 0 Å². The lowest BCUT2D eigenvalue weighted by Crippen LogP contribution is -2.15. The second kappa shape index (κ2) is 8.75. The fourth-order valence-electron chi connectivity index (χ4n) is 2.92. The Kier molecular flexibility index (Phi) is 5.72. The first-order valence-corrected chi connectivity index (χ1v) is 9.58. The predicted molar refractivity (Wildman–Crippen MR) is 114 cm³/mol. The van der Waals surface area contributed by atoms with Crippen LogP contribution in [0.15, 0.2) is 73.3 Å². The summed E-state index contributed by atoms with van der Waals surface area (Å²) in [5.41, 5.74) is 2.86. The average molecular weight is 420 g/mol. The van der Waals surface area contributed by atoms with Crippen molar-refractivity contribution < 1.29 is 9.53 Å². The third-order valence-electron chi connectivity index (χ3n) is 4.45. The number of nitrogens with one attached hydrogen (secondary N) is 1. The molecular weight excluding hydrogens is 402 g/mol. The Bertz CT molecular complexity index is 1180. The smallest absolute Gasteiger partial charge is 0.260 e. The highest BCUT2D eigenvalue weighted by atomic mass is 35.5. The number of anilines is 1. The molecule has 0 spiro atoms. The number of hydrogen-bond acceptors (Lipinski definition) is 5. The molecule has 1 aromatic carbocycles. The van der Waals surface area contributed by atoms with E-state index in [1.165, 1.54) is 6.20 Å². The van der Waals surface area contributed by atoms with E-state index in [4.69, 9.17) is 16.3 Å². The van der Waals surface area contributed by atoms with Crippen molar-refractivity contribution in [3.8, 4) is 11.4 Å². The van der Waals surface area contributed by atoms with Gasteiger partial charge in [-0.15, -0.1) is 0 Å². The van der Waals surface area contributed by atoms with Gasteiger partial charge in [0.05, 0.1) is 23.1 Å². The molecular formula is C22H18ClN5O2. The summed E-state index contributed by atoms with van der Waals surface area (Å²) in [4.78, 5) is 21.1. The van der Waals surface area contributed by atoms with E-state index in [-0.39, 0.29) is 5.91 Å². The molecule has 1 N–H and O–H groups in total. The molecule has 1 amide bonds. The van der Waals surface area contributed by atoms with Gasteiger partial charge in [0.1, 0.15) is 6.61 Å². The standard InChI is InChI=1S/C22H18ClN5O2/c1-15-19(13-26-28(15)18-5-2-4-17(23)12-18)22(29)27-21-20(6-3-9-25-21)30-14-16-7-10-24-11-8-16/h2-13H,14H2,1H3,(H,25,27,29). The molecule has 0 atom stereocenters. The number of ether oxygens (including phenoxy) is 1. The minimum absolute atomic E-state index is 0.326. The van der Waals surface area contributed by atoms with Crippen LogP contribution in [0.5, 0.6) is 5.75 Å². The number of hydrogen-bond donors (Lipinski definition) is 1. The van der Waals surface area contributed by atoms with Crippen LogP contribution in [0.25, 0.3) is 5.69 Å². The summed E-state index contributed by atoms with van der Waals surface area (Å²) in [6.07, 6.45) is 6.51. The van der Waals surface area contributed by atoms with Crippen LogP contribution in [-0.2, 0) is 6.61 Å². The quantitative estimate of drug-likeness (QED) is 0.499. The highest BCUT2D eigenvalue weighted by Crippen LogP contribution is 2.24. The summed E-state index contributed by atoms with van der Waals surface area (Å²) in [7, 11) is 0. The zero-order valence-electron chi connectivity index (χ0n) is 16.1. The monoisotopic (exact) mass is 419 g/mol. The third kappa shape index (κ3) is 4.31. The molecule has 8 heteroatoms. The van der Waals surface area contributed by atoms with Gasteiger partial charge in [0.25, 0.3) is 5.91 Å². The fraction of sp³-hybridized carbons (Fsp3) is 0.0909. The maximum absolute atomic E-state index is 12.9. The first-order valence-electron chi connectivity index (χ1n) is 9.20. The third-order valence-corrected chi connectivity index (χ3v) is 4.69. The maximum Gasteiger partial charge on any atom is 0.260 e. The lowest BCUT2D eigenvalue weighted by atomic mass is 10.2. The van der Waals surface area contributed by atoms with Gasteiger partial charge >= 0.3 is 0 Å². The van der Waals surface area contributed by atoms with Gasteiger partial charge in [-0.2, -0.15) is 5.10 Å². The highest BCUT2D eigenvalue weighted by Gasteiger charge is 2.17. The molecule has 0 bridgehead atoms. The van der Waals surface area contributed by atoms with Gasteiger partial charge < -0.3 is 10.1 Å². The Morgan fingerprint density at radius 2 is 1.97 bits per heavy atom. The molecule has 0 saturated carbocycles. The number of nitrogens with zero attached hydrogens (tertiary/aromatic N) is 4. The van der Waals surface area contributed by atoms with Crippen molar-refractivity contribution in [3.63, 3.8) is 0 Å². The SMILES string of the molecule is Cc1c(C(=O)Nc2ncccc2OCc2ccncc2)cnn1-c1cccc(Cl)c1. The summed E-state index contributed by atoms with van der Waals surface area (Å²) in [5, 5.41) is 7.74. The molecule has 7 nitrogen and oxygen atoms in total. The van der Waals surface area contributed by atoms with Crippen LogP contribution < -0.4 is 10.1 Å². The maximum atomic E-state index is 12.9. The van der Waals surface area contributed by atoms with Crippen molar-refractivity contribution in [2.75, 3.05) is 5.32 Å². The first-order chi connectivity index (χ1) is 14.6. The van der Waals surface area contributed by atoms with E-state index in [2.05, 4.69) is 20.4 Å². The topological polar surface area (TPSA) is 81.9 Å². The molecule has 150 valence electrons. The van der Waals surface area contributed by atoms with E-state index in [9.17, 15) is 4.79 Å². The Morgan fingerprint density at radius 3 is 2.77 bits per heavy atom. The van der Waals surface area contributed by atoms with E-state index < -0.39 is 0 Å². The minimum Gasteiger partial charge on any atom is -0.485 e. The van der Waals surface area contributed by atoms with Crippen LogP contribution in [0.4, 0.5) is 5.82 Å². The second-order valence-corrected chi connectivity index (χ2v) is 6.92. The number of carbonyl (C=O) groups is 1. The molecule has 4 aromatic rings. The molecule has 0 aliphatic rings. The van der Waals surface area contributed by atoms with Gasteiger partial charge in [-0.1, -0.05) is 17.7 Å². The normalized spacial score (nSPS) is 10.6. The summed E-state index contributed by atoms with van der Waals surface area (Å²) in [6, 6.07) is 14.5. The number of pyridine rings is 2. The van der Waals surface area contributed by atoms with Gasteiger partial charge in [-0.3, -0.25) is 9.78 Å². The Hall–Kier alpha value is -3.71. The summed E-state index contributed by atoms with van der Waals surface area (Å²) < 4.78 is 7.50. The zero-order valence-corrected chi connectivity index (χ0v) is 16.9. The number of amides is 1. The second-order valence-electron chi connectivity index (χ2n) is 6.48. The van der Waals surface area contributed by atoms with Crippen LogP contribution in [-0.4, -0.2) is 25.7 Å². The Balaban J connectivity index is 1.52. The fourth-order valence-corrected chi connectivity index (χ4v) is 3.10. The minimum atomic E-state index is -0.326. The molecule has 0 fully saturated rings. The van der Waals surface area contributed by atoms with Crippen LogP contribution >= 0.6 is 11.6 Å². The molecule has 3 aromatic heterocycles. The first kappa shape index (κ1) is 19.6. The molecule has 0 aliphatic heterocycles. The average Bonchev–Trinajstić information content (AvgIpc) is 3.15. The summed E-state index contributed by atoms with van der Waals surface area (Å²) in [5.74, 6) is 0.488. The molecule has 30 heavy (non-hydrogen) atoms. The lowest BCUT2D eigenvalue weighted by molar-refractivity contribution is 0.102. The lowest BCUT2D eigenvalue weighted by Gasteiger charge is -2.11. The van der Waals surface area contributed by atoms with Gasteiger partial charge in [-0.05, 0) is 55.0 Å². The molecule has 4 rings (SSSR count). The van der Waals surface area contributed by atoms with Gasteiger partial charge in [0, 0.05) is 23.6 Å². The molecule has 0 aliphatic carbocycles. The number of benzene rings is 1. The molecule has 0 saturated heterocycles. The van der Waals surface area contributed by atoms with E-state index >= 15 is 0 Å². The summed E-state index contributed by atoms with van der Waals surface area (Å²) >= 11 is 6.07.